The number of rotatable bonds is 5. The molecular formula is C31H36N8O2. The summed E-state index contributed by atoms with van der Waals surface area (Å²) in [6.45, 7) is 7.88. The summed E-state index contributed by atoms with van der Waals surface area (Å²) in [6, 6.07) is 11.0. The molecule has 4 aliphatic rings. The molecule has 0 radical (unpaired) electrons. The quantitative estimate of drug-likeness (QED) is 0.345. The van der Waals surface area contributed by atoms with E-state index >= 15 is 0 Å². The maximum Gasteiger partial charge on any atom is 0.274 e. The Morgan fingerprint density at radius 1 is 1.07 bits per heavy atom. The van der Waals surface area contributed by atoms with Crippen LogP contribution in [0.1, 0.15) is 74.0 Å². The Balaban J connectivity index is 1.19. The molecule has 8 rings (SSSR count). The van der Waals surface area contributed by atoms with Crippen LogP contribution in [0.3, 0.4) is 0 Å². The molecule has 4 aromatic rings. The monoisotopic (exact) mass is 552 g/mol. The molecule has 4 fully saturated rings. The van der Waals surface area contributed by atoms with Crippen LogP contribution in [0.5, 0.6) is 0 Å². The van der Waals surface area contributed by atoms with Gasteiger partial charge < -0.3 is 15.7 Å². The Morgan fingerprint density at radius 2 is 1.78 bits per heavy atom. The van der Waals surface area contributed by atoms with Crippen molar-refractivity contribution in [2.24, 2.45) is 0 Å². The first kappa shape index (κ1) is 26.1. The normalized spacial score (nSPS) is 25.0. The SMILES string of the molecule is CC(C)(O)c1cc2nn(C34CCC(N5CCNCC5)(CC3)CC4)cc2cc1NC(=O)c1ccc2cc(C#N)cnn12. The van der Waals surface area contributed by atoms with Crippen molar-refractivity contribution in [3.8, 4) is 6.07 Å². The summed E-state index contributed by atoms with van der Waals surface area (Å²) in [5, 5.41) is 37.0. The van der Waals surface area contributed by atoms with E-state index in [1.54, 1.807) is 32.0 Å². The van der Waals surface area contributed by atoms with Crippen LogP contribution in [0.4, 0.5) is 5.69 Å². The van der Waals surface area contributed by atoms with Gasteiger partial charge in [0.05, 0.1) is 33.9 Å². The number of piperazine rings is 1. The number of nitriles is 1. The number of aliphatic hydroxyl groups is 1. The zero-order valence-electron chi connectivity index (χ0n) is 23.7. The number of carbonyl (C=O) groups is 1. The molecular weight excluding hydrogens is 516 g/mol. The third kappa shape index (κ3) is 4.31. The maximum absolute atomic E-state index is 13.4. The second-order valence-electron chi connectivity index (χ2n) is 12.6. The van der Waals surface area contributed by atoms with Crippen molar-refractivity contribution in [2.75, 3.05) is 31.5 Å². The third-order valence-electron chi connectivity index (χ3n) is 9.85. The zero-order chi connectivity index (χ0) is 28.4. The number of benzene rings is 1. The Morgan fingerprint density at radius 3 is 2.46 bits per heavy atom. The van der Waals surface area contributed by atoms with Crippen LogP contribution in [-0.2, 0) is 11.1 Å². The standard InChI is InChI=1S/C31H36N8O2/c1-29(2,41)24-17-25-22(16-26(24)35-28(40)27-4-3-23-15-21(18-32)19-34-39(23)27)20-38(36-25)31-8-5-30(6-9-31,7-10-31)37-13-11-33-12-14-37/h3-4,15-17,19-20,33,41H,5-14H2,1-2H3,(H,35,40). The fourth-order valence-corrected chi connectivity index (χ4v) is 7.45. The van der Waals surface area contributed by atoms with Gasteiger partial charge in [-0.2, -0.15) is 15.5 Å². The van der Waals surface area contributed by atoms with Crippen molar-refractivity contribution in [2.45, 2.75) is 69.1 Å². The minimum absolute atomic E-state index is 0.0197. The van der Waals surface area contributed by atoms with Gasteiger partial charge in [-0.3, -0.25) is 14.4 Å². The number of amides is 1. The highest BCUT2D eigenvalue weighted by Gasteiger charge is 2.52. The lowest BCUT2D eigenvalue weighted by molar-refractivity contribution is -0.0565. The fourth-order valence-electron chi connectivity index (χ4n) is 7.45. The molecule has 3 aromatic heterocycles. The van der Waals surface area contributed by atoms with Crippen molar-refractivity contribution in [3.63, 3.8) is 0 Å². The summed E-state index contributed by atoms with van der Waals surface area (Å²) in [6.07, 6.45) is 10.5. The second-order valence-corrected chi connectivity index (χ2v) is 12.6. The first-order chi connectivity index (χ1) is 19.7. The average molecular weight is 553 g/mol. The van der Waals surface area contributed by atoms with Crippen molar-refractivity contribution in [1.29, 1.82) is 5.26 Å². The third-order valence-corrected chi connectivity index (χ3v) is 9.85. The predicted octanol–water partition coefficient (Wildman–Crippen LogP) is 3.74. The number of fused-ring (bicyclic) bond motifs is 5. The summed E-state index contributed by atoms with van der Waals surface area (Å²) in [5.74, 6) is -0.346. The van der Waals surface area contributed by atoms with E-state index < -0.39 is 5.60 Å². The highest BCUT2D eigenvalue weighted by Crippen LogP contribution is 2.53. The Labute approximate surface area is 238 Å². The topological polar surface area (TPSA) is 124 Å². The molecule has 1 amide bonds. The number of nitrogens with one attached hydrogen (secondary N) is 2. The molecule has 2 bridgehead atoms. The van der Waals surface area contributed by atoms with Crippen LogP contribution in [-0.4, -0.2) is 67.0 Å². The Hall–Kier alpha value is -3.78. The van der Waals surface area contributed by atoms with Gasteiger partial charge in [-0.15, -0.1) is 0 Å². The molecule has 212 valence electrons. The molecule has 4 heterocycles. The Kier molecular flexibility index (Phi) is 5.98. The zero-order valence-corrected chi connectivity index (χ0v) is 23.7. The van der Waals surface area contributed by atoms with Gasteiger partial charge >= 0.3 is 0 Å². The molecule has 0 atom stereocenters. The van der Waals surface area contributed by atoms with E-state index in [1.807, 2.05) is 12.1 Å². The minimum Gasteiger partial charge on any atom is -0.386 e. The number of nitrogens with zero attached hydrogens (tertiary/aromatic N) is 6. The smallest absolute Gasteiger partial charge is 0.274 e. The van der Waals surface area contributed by atoms with Crippen molar-refractivity contribution in [1.82, 2.24) is 29.6 Å². The molecule has 0 unspecified atom stereocenters. The van der Waals surface area contributed by atoms with Crippen LogP contribution < -0.4 is 10.6 Å². The molecule has 41 heavy (non-hydrogen) atoms. The second kappa shape index (κ2) is 9.38. The molecule has 1 aliphatic heterocycles. The van der Waals surface area contributed by atoms with E-state index in [9.17, 15) is 15.2 Å². The Bertz CT molecular complexity index is 1670. The number of anilines is 1. The predicted molar refractivity (Wildman–Crippen MR) is 156 cm³/mol. The van der Waals surface area contributed by atoms with Gasteiger partial charge in [-0.05, 0) is 82.7 Å². The molecule has 3 N–H and O–H groups in total. The van der Waals surface area contributed by atoms with Gasteiger partial charge in [0, 0.05) is 54.6 Å². The molecule has 1 saturated heterocycles. The number of aromatic nitrogens is 4. The molecule has 3 saturated carbocycles. The van der Waals surface area contributed by atoms with E-state index in [0.29, 0.717) is 33.6 Å². The maximum atomic E-state index is 13.4. The fraction of sp³-hybridized carbons (Fsp3) is 0.484. The average Bonchev–Trinajstić information content (AvgIpc) is 3.62. The summed E-state index contributed by atoms with van der Waals surface area (Å²) in [4.78, 5) is 16.2. The van der Waals surface area contributed by atoms with Gasteiger partial charge in [0.25, 0.3) is 5.91 Å². The van der Waals surface area contributed by atoms with E-state index in [4.69, 9.17) is 5.10 Å². The largest absolute Gasteiger partial charge is 0.386 e. The van der Waals surface area contributed by atoms with Crippen molar-refractivity contribution >= 4 is 28.0 Å². The first-order valence-corrected chi connectivity index (χ1v) is 14.6. The first-order valence-electron chi connectivity index (χ1n) is 14.6. The number of hydrogen-bond acceptors (Lipinski definition) is 7. The van der Waals surface area contributed by atoms with Crippen LogP contribution >= 0.6 is 0 Å². The minimum atomic E-state index is -1.20. The highest BCUT2D eigenvalue weighted by atomic mass is 16.3. The van der Waals surface area contributed by atoms with Crippen LogP contribution in [0.25, 0.3) is 16.4 Å². The lowest BCUT2D eigenvalue weighted by atomic mass is 9.60. The molecule has 10 heteroatoms. The van der Waals surface area contributed by atoms with Gasteiger partial charge in [0.15, 0.2) is 0 Å². The van der Waals surface area contributed by atoms with E-state index in [-0.39, 0.29) is 11.4 Å². The highest BCUT2D eigenvalue weighted by molar-refractivity contribution is 6.05. The van der Waals surface area contributed by atoms with Gasteiger partial charge in [0.1, 0.15) is 11.8 Å². The van der Waals surface area contributed by atoms with Gasteiger partial charge in [-0.25, -0.2) is 4.52 Å². The molecule has 10 nitrogen and oxygen atoms in total. The summed E-state index contributed by atoms with van der Waals surface area (Å²) in [7, 11) is 0. The number of hydrogen-bond donors (Lipinski definition) is 3. The van der Waals surface area contributed by atoms with E-state index in [0.717, 1.165) is 56.3 Å². The van der Waals surface area contributed by atoms with Crippen LogP contribution in [0.2, 0.25) is 0 Å². The van der Waals surface area contributed by atoms with Gasteiger partial charge in [0.2, 0.25) is 0 Å². The number of carbonyl (C=O) groups excluding carboxylic acids is 1. The van der Waals surface area contributed by atoms with Gasteiger partial charge in [-0.1, -0.05) is 0 Å². The van der Waals surface area contributed by atoms with E-state index in [2.05, 4.69) is 37.6 Å². The molecule has 0 spiro atoms. The lowest BCUT2D eigenvalue weighted by Gasteiger charge is -2.58. The summed E-state index contributed by atoms with van der Waals surface area (Å²) in [5.41, 5.74) is 2.57. The molecule has 1 aromatic carbocycles. The summed E-state index contributed by atoms with van der Waals surface area (Å²) >= 11 is 0. The van der Waals surface area contributed by atoms with E-state index in [1.165, 1.54) is 30.0 Å². The summed E-state index contributed by atoms with van der Waals surface area (Å²) < 4.78 is 3.71. The van der Waals surface area contributed by atoms with Crippen molar-refractivity contribution in [3.05, 3.63) is 59.5 Å². The molecule has 3 aliphatic carbocycles. The van der Waals surface area contributed by atoms with Crippen LogP contribution in [0, 0.1) is 11.3 Å². The lowest BCUT2D eigenvalue weighted by Crippen LogP contribution is -2.62. The van der Waals surface area contributed by atoms with Crippen LogP contribution in [0.15, 0.2) is 42.7 Å². The van der Waals surface area contributed by atoms with Crippen molar-refractivity contribution < 1.29 is 9.90 Å².